The monoisotopic (exact) mass is 244 g/mol. The van der Waals surface area contributed by atoms with Gasteiger partial charge in [0.2, 0.25) is 0 Å². The molecule has 1 aliphatic rings. The van der Waals surface area contributed by atoms with Crippen LogP contribution in [0.5, 0.6) is 0 Å². The summed E-state index contributed by atoms with van der Waals surface area (Å²) >= 11 is 0. The highest BCUT2D eigenvalue weighted by molar-refractivity contribution is 5.73. The van der Waals surface area contributed by atoms with Crippen molar-refractivity contribution in [2.24, 2.45) is 0 Å². The van der Waals surface area contributed by atoms with Crippen LogP contribution >= 0.6 is 0 Å². The van der Waals surface area contributed by atoms with Crippen LogP contribution in [0.2, 0.25) is 0 Å². The molecular weight excluding hydrogens is 220 g/mol. The quantitative estimate of drug-likeness (QED) is 0.620. The Bertz CT molecular complexity index is 242. The molecule has 1 saturated carbocycles. The van der Waals surface area contributed by atoms with E-state index in [2.05, 4.69) is 5.32 Å². The molecule has 0 bridgehead atoms. The van der Waals surface area contributed by atoms with Crippen molar-refractivity contribution in [2.75, 3.05) is 26.7 Å². The van der Waals surface area contributed by atoms with Gasteiger partial charge >= 0.3 is 5.97 Å². The summed E-state index contributed by atoms with van der Waals surface area (Å²) in [6.45, 7) is 5.91. The number of hydrogen-bond acceptors (Lipinski definition) is 4. The Hall–Kier alpha value is -0.650. The largest absolute Gasteiger partial charge is 0.480 e. The highest BCUT2D eigenvalue weighted by atomic mass is 16.5. The van der Waals surface area contributed by atoms with Gasteiger partial charge in [-0.3, -0.25) is 4.79 Å². The summed E-state index contributed by atoms with van der Waals surface area (Å²) in [4.78, 5) is 13.1. The van der Waals surface area contributed by atoms with Crippen LogP contribution in [0.15, 0.2) is 0 Å². The molecule has 0 radical (unpaired) electrons. The Balaban J connectivity index is 2.20. The first-order chi connectivity index (χ1) is 7.99. The van der Waals surface area contributed by atoms with E-state index in [4.69, 9.17) is 9.84 Å². The van der Waals surface area contributed by atoms with Gasteiger partial charge in [0.25, 0.3) is 0 Å². The number of ether oxygens (including phenoxy) is 1. The smallest absolute Gasteiger partial charge is 0.322 e. The van der Waals surface area contributed by atoms with Gasteiger partial charge in [0.05, 0.1) is 12.7 Å². The summed E-state index contributed by atoms with van der Waals surface area (Å²) in [5.41, 5.74) is 0. The second kappa shape index (κ2) is 6.93. The Kier molecular flexibility index (Phi) is 5.88. The summed E-state index contributed by atoms with van der Waals surface area (Å²) in [7, 11) is 1.92. The number of nitrogens with zero attached hydrogens (tertiary/aromatic N) is 1. The van der Waals surface area contributed by atoms with Gasteiger partial charge in [0.1, 0.15) is 6.04 Å². The molecule has 1 atom stereocenters. The van der Waals surface area contributed by atoms with Crippen LogP contribution in [0.1, 0.15) is 26.7 Å². The van der Waals surface area contributed by atoms with E-state index in [-0.39, 0.29) is 6.10 Å². The fourth-order valence-corrected chi connectivity index (χ4v) is 1.58. The summed E-state index contributed by atoms with van der Waals surface area (Å²) in [6, 6.07) is -0.0528. The summed E-state index contributed by atoms with van der Waals surface area (Å²) in [6.07, 6.45) is 2.43. The van der Waals surface area contributed by atoms with E-state index in [9.17, 15) is 4.79 Å². The van der Waals surface area contributed by atoms with E-state index in [0.29, 0.717) is 19.2 Å². The Morgan fingerprint density at radius 1 is 1.53 bits per heavy atom. The summed E-state index contributed by atoms with van der Waals surface area (Å²) in [5.74, 6) is -0.770. The first-order valence-electron chi connectivity index (χ1n) is 6.28. The van der Waals surface area contributed by atoms with Crippen LogP contribution in [-0.2, 0) is 9.53 Å². The number of aliphatic carboxylic acids is 1. The molecule has 17 heavy (non-hydrogen) atoms. The van der Waals surface area contributed by atoms with E-state index >= 15 is 0 Å². The average Bonchev–Trinajstić information content (AvgIpc) is 2.99. The molecule has 5 nitrogen and oxygen atoms in total. The number of likely N-dealkylation sites (N-methyl/N-ethyl adjacent to an activating group) is 1. The van der Waals surface area contributed by atoms with E-state index in [0.717, 1.165) is 19.4 Å². The van der Waals surface area contributed by atoms with Crippen molar-refractivity contribution in [3.63, 3.8) is 0 Å². The lowest BCUT2D eigenvalue weighted by molar-refractivity contribution is -0.140. The average molecular weight is 244 g/mol. The minimum atomic E-state index is -0.770. The summed E-state index contributed by atoms with van der Waals surface area (Å²) < 4.78 is 5.44. The third kappa shape index (κ3) is 6.61. The van der Waals surface area contributed by atoms with Crippen molar-refractivity contribution in [1.29, 1.82) is 0 Å². The second-order valence-corrected chi connectivity index (χ2v) is 5.01. The van der Waals surface area contributed by atoms with E-state index in [1.54, 1.807) is 0 Å². The molecule has 0 spiro atoms. The minimum Gasteiger partial charge on any atom is -0.480 e. The molecule has 0 aromatic heterocycles. The zero-order valence-electron chi connectivity index (χ0n) is 11.0. The van der Waals surface area contributed by atoms with E-state index in [1.807, 2.05) is 25.8 Å². The van der Waals surface area contributed by atoms with Gasteiger partial charge in [-0.15, -0.1) is 0 Å². The maximum Gasteiger partial charge on any atom is 0.322 e. The second-order valence-electron chi connectivity index (χ2n) is 5.01. The molecule has 1 aliphatic carbocycles. The van der Waals surface area contributed by atoms with Crippen molar-refractivity contribution in [3.8, 4) is 0 Å². The molecule has 0 saturated heterocycles. The first kappa shape index (κ1) is 14.4. The zero-order chi connectivity index (χ0) is 12.8. The van der Waals surface area contributed by atoms with Crippen LogP contribution in [0.3, 0.4) is 0 Å². The predicted octanol–water partition coefficient (Wildman–Crippen LogP) is 0.548. The molecule has 5 heteroatoms. The van der Waals surface area contributed by atoms with E-state index < -0.39 is 12.0 Å². The van der Waals surface area contributed by atoms with Crippen LogP contribution in [-0.4, -0.2) is 60.9 Å². The van der Waals surface area contributed by atoms with Crippen LogP contribution < -0.4 is 5.32 Å². The normalized spacial score (nSPS) is 17.7. The van der Waals surface area contributed by atoms with Gasteiger partial charge in [-0.2, -0.15) is 0 Å². The molecule has 0 heterocycles. The van der Waals surface area contributed by atoms with Crippen LogP contribution in [0, 0.1) is 0 Å². The van der Waals surface area contributed by atoms with Gasteiger partial charge in [-0.05, 0) is 33.7 Å². The van der Waals surface area contributed by atoms with Crippen molar-refractivity contribution < 1.29 is 14.6 Å². The molecule has 0 amide bonds. The number of rotatable bonds is 9. The van der Waals surface area contributed by atoms with E-state index in [1.165, 1.54) is 0 Å². The third-order valence-electron chi connectivity index (χ3n) is 2.73. The first-order valence-corrected chi connectivity index (χ1v) is 6.28. The lowest BCUT2D eigenvalue weighted by atomic mass is 10.2. The number of carboxylic acids is 1. The maximum absolute atomic E-state index is 11.1. The topological polar surface area (TPSA) is 61.8 Å². The van der Waals surface area contributed by atoms with Gasteiger partial charge in [0.15, 0.2) is 0 Å². The number of carbonyl (C=O) groups is 1. The Morgan fingerprint density at radius 3 is 2.65 bits per heavy atom. The maximum atomic E-state index is 11.1. The fourth-order valence-electron chi connectivity index (χ4n) is 1.58. The number of carboxylic acid groups (broad SMARTS) is 1. The van der Waals surface area contributed by atoms with Crippen molar-refractivity contribution in [2.45, 2.75) is 44.9 Å². The molecule has 2 N–H and O–H groups in total. The highest BCUT2D eigenvalue weighted by Crippen LogP contribution is 2.19. The molecule has 1 unspecified atom stereocenters. The van der Waals surface area contributed by atoms with Crippen LogP contribution in [0.25, 0.3) is 0 Å². The van der Waals surface area contributed by atoms with Gasteiger partial charge in [-0.1, -0.05) is 0 Å². The standard InChI is InChI=1S/C12H24N2O3/c1-9(2)17-7-6-14(3)8-11(12(15)16)13-10-4-5-10/h9-11,13H,4-8H2,1-3H3,(H,15,16). The summed E-state index contributed by atoms with van der Waals surface area (Å²) in [5, 5.41) is 12.2. The fraction of sp³-hybridized carbons (Fsp3) is 0.917. The molecule has 1 rings (SSSR count). The van der Waals surface area contributed by atoms with Gasteiger partial charge in [0, 0.05) is 19.1 Å². The SMILES string of the molecule is CC(C)OCCN(C)CC(NC1CC1)C(=O)O. The molecule has 1 fully saturated rings. The van der Waals surface area contributed by atoms with Crippen molar-refractivity contribution in [1.82, 2.24) is 10.2 Å². The predicted molar refractivity (Wildman–Crippen MR) is 66.2 cm³/mol. The lowest BCUT2D eigenvalue weighted by Gasteiger charge is -2.22. The molecule has 0 aliphatic heterocycles. The molecular formula is C12H24N2O3. The minimum absolute atomic E-state index is 0.225. The molecule has 0 aromatic carbocycles. The van der Waals surface area contributed by atoms with Gasteiger partial charge in [-0.25, -0.2) is 0 Å². The molecule has 0 aromatic rings. The van der Waals surface area contributed by atoms with Crippen molar-refractivity contribution >= 4 is 5.97 Å². The van der Waals surface area contributed by atoms with Gasteiger partial charge < -0.3 is 20.1 Å². The lowest BCUT2D eigenvalue weighted by Crippen LogP contribution is -2.46. The van der Waals surface area contributed by atoms with Crippen LogP contribution in [0.4, 0.5) is 0 Å². The highest BCUT2D eigenvalue weighted by Gasteiger charge is 2.28. The number of hydrogen-bond donors (Lipinski definition) is 2. The Morgan fingerprint density at radius 2 is 2.18 bits per heavy atom. The number of nitrogens with one attached hydrogen (secondary N) is 1. The zero-order valence-corrected chi connectivity index (χ0v) is 11.0. The third-order valence-corrected chi connectivity index (χ3v) is 2.73. The van der Waals surface area contributed by atoms with Crippen molar-refractivity contribution in [3.05, 3.63) is 0 Å². The molecule has 100 valence electrons. The Labute approximate surface area is 103 Å².